The Balaban J connectivity index is 0. The second-order valence-electron chi connectivity index (χ2n) is 0.500. The van der Waals surface area contributed by atoms with Gasteiger partial charge in [-0.25, -0.2) is 0 Å². The van der Waals surface area contributed by atoms with Crippen molar-refractivity contribution in [3.05, 3.63) is 0 Å². The van der Waals surface area contributed by atoms with Crippen molar-refractivity contribution in [2.24, 2.45) is 0 Å². The Kier molecular flexibility index (Phi) is 7.04. The number of rotatable bonds is 0. The van der Waals surface area contributed by atoms with Crippen molar-refractivity contribution in [1.29, 1.82) is 0 Å². The van der Waals surface area contributed by atoms with Gasteiger partial charge in [0.05, 0.1) is 0 Å². The van der Waals surface area contributed by atoms with Crippen LogP contribution in [0, 0.1) is 0 Å². The quantitative estimate of drug-likeness (QED) is 0.358. The summed E-state index contributed by atoms with van der Waals surface area (Å²) >= 11 is 1.94. The van der Waals surface area contributed by atoms with Crippen molar-refractivity contribution >= 4 is 9.05 Å². The van der Waals surface area contributed by atoms with E-state index >= 15 is 0 Å². The van der Waals surface area contributed by atoms with E-state index in [4.69, 9.17) is 23.4 Å². The molecular weight excluding hydrogens is 163 g/mol. The van der Waals surface area contributed by atoms with E-state index in [0.29, 0.717) is 0 Å². The Hall–Kier alpha value is 0.536. The van der Waals surface area contributed by atoms with Crippen molar-refractivity contribution in [3.63, 3.8) is 0 Å². The van der Waals surface area contributed by atoms with E-state index in [1.54, 1.807) is 0 Å². The fourth-order valence-corrected chi connectivity index (χ4v) is 0. The predicted molar refractivity (Wildman–Crippen MR) is 7.97 cm³/mol. The van der Waals surface area contributed by atoms with Crippen LogP contribution in [0.1, 0.15) is 0 Å². The zero-order chi connectivity index (χ0) is 6.50. The molecule has 42 valence electrons. The monoisotopic (exact) mass is 164 g/mol. The van der Waals surface area contributed by atoms with Gasteiger partial charge >= 0.3 is 20.5 Å². The molecule has 0 aliphatic heterocycles. The van der Waals surface area contributed by atoms with Crippen LogP contribution in [0.3, 0.4) is 0 Å². The average Bonchev–Trinajstić information content (AvgIpc) is 1.36. The van der Waals surface area contributed by atoms with Crippen LogP contribution < -0.4 is 19.2 Å². The van der Waals surface area contributed by atoms with Gasteiger partial charge in [0, 0.05) is 0 Å². The summed E-state index contributed by atoms with van der Waals surface area (Å²) in [6.07, 6.45) is 0. The summed E-state index contributed by atoms with van der Waals surface area (Å²) in [6.45, 7) is 0. The van der Waals surface area contributed by atoms with Crippen LogP contribution in [0.25, 0.3) is 0 Å². The third kappa shape index (κ3) is 468. The Morgan fingerprint density at radius 2 is 1.00 bits per heavy atom. The molecule has 5 nitrogen and oxygen atoms in total. The van der Waals surface area contributed by atoms with Crippen LogP contribution in [-0.4, -0.2) is 13.2 Å². The number of hydrogen-bond donors (Lipinski definition) is 1. The third-order valence-electron chi connectivity index (χ3n) is 0. The van der Waals surface area contributed by atoms with Crippen LogP contribution >= 0.6 is 0 Å². The summed E-state index contributed by atoms with van der Waals surface area (Å²) in [5.74, 6) is 0. The first-order chi connectivity index (χ1) is 3.00. The summed E-state index contributed by atoms with van der Waals surface area (Å²) in [5.41, 5.74) is 0. The molecule has 0 fully saturated rings. The minimum absolute atomic E-state index is 1.94. The molecule has 0 radical (unpaired) electrons. The van der Waals surface area contributed by atoms with E-state index < -0.39 is 9.05 Å². The molecule has 0 aromatic carbocycles. The summed E-state index contributed by atoms with van der Waals surface area (Å²) in [5, 5.41) is 0. The molecule has 7 heteroatoms. The van der Waals surface area contributed by atoms with Gasteiger partial charge in [-0.3, -0.25) is 0 Å². The Morgan fingerprint density at radius 1 is 1.00 bits per heavy atom. The van der Waals surface area contributed by atoms with Crippen LogP contribution in [-0.2, 0) is 16.3 Å². The standard InChI is InChI=1S/Mn.O4Si.H2O/c;1-5(2,3)4;/h;;1H2/q+5;-4;/p-1. The van der Waals surface area contributed by atoms with Gasteiger partial charge in [-0.15, -0.1) is 0 Å². The van der Waals surface area contributed by atoms with Crippen LogP contribution in [0.4, 0.5) is 0 Å². The molecule has 0 unspecified atom stereocenters. The van der Waals surface area contributed by atoms with Gasteiger partial charge in [0.25, 0.3) is 0 Å². The fraction of sp³-hybridized carbons (Fsp3) is 0. The van der Waals surface area contributed by atoms with E-state index in [9.17, 15) is 0 Å². The molecule has 1 N–H and O–H groups in total. The van der Waals surface area contributed by atoms with Crippen molar-refractivity contribution in [3.8, 4) is 0 Å². The maximum absolute atomic E-state index is 8.58. The van der Waals surface area contributed by atoms with Crippen LogP contribution in [0.5, 0.6) is 0 Å². The summed E-state index contributed by atoms with van der Waals surface area (Å²) in [7, 11) is -5.61. The van der Waals surface area contributed by atoms with E-state index in [1.807, 2.05) is 16.3 Å². The Bertz CT molecular complexity index is 23.6. The first-order valence-corrected chi connectivity index (χ1v) is 3.15. The molecule has 0 amide bonds. The van der Waals surface area contributed by atoms with Gasteiger partial charge in [-0.05, 0) is 0 Å². The molecule has 0 aliphatic carbocycles. The van der Waals surface area contributed by atoms with Gasteiger partial charge in [0.2, 0.25) is 0 Å². The van der Waals surface area contributed by atoms with Crippen LogP contribution in [0.15, 0.2) is 0 Å². The maximum atomic E-state index is 8.58. The molecule has 0 saturated heterocycles. The van der Waals surface area contributed by atoms with Gasteiger partial charge in [0.15, 0.2) is 0 Å². The van der Waals surface area contributed by atoms with Gasteiger partial charge in [0.1, 0.15) is 0 Å². The molecule has 0 rings (SSSR count). The summed E-state index contributed by atoms with van der Waals surface area (Å²) in [4.78, 5) is 34.3. The SMILES string of the molecule is [O-][Si]([O-])([O-])[O-].[OH][Mn+4]. The molecule has 0 bridgehead atoms. The zero-order valence-corrected chi connectivity index (χ0v) is 5.14. The average molecular weight is 164 g/mol. The first-order valence-electron chi connectivity index (χ1n) is 0.986. The van der Waals surface area contributed by atoms with Crippen molar-refractivity contribution < 1.29 is 39.7 Å². The van der Waals surface area contributed by atoms with Crippen molar-refractivity contribution in [1.82, 2.24) is 0 Å². The fourth-order valence-electron chi connectivity index (χ4n) is 0. The van der Waals surface area contributed by atoms with Crippen LogP contribution in [0.2, 0.25) is 0 Å². The van der Waals surface area contributed by atoms with E-state index in [-0.39, 0.29) is 0 Å². The summed E-state index contributed by atoms with van der Waals surface area (Å²) < 4.78 is 6.81. The predicted octanol–water partition coefficient (Wildman–Crippen LogP) is -5.70. The Morgan fingerprint density at radius 3 is 1.00 bits per heavy atom. The minimum atomic E-state index is -5.61. The molecule has 0 aromatic rings. The van der Waals surface area contributed by atoms with Crippen molar-refractivity contribution in [2.45, 2.75) is 0 Å². The third-order valence-corrected chi connectivity index (χ3v) is 0. The van der Waals surface area contributed by atoms with E-state index in [1.165, 1.54) is 0 Å². The van der Waals surface area contributed by atoms with E-state index in [0.717, 1.165) is 0 Å². The molecule has 0 aliphatic rings. The zero-order valence-electron chi connectivity index (χ0n) is 2.96. The van der Waals surface area contributed by atoms with E-state index in [2.05, 4.69) is 0 Å². The molecule has 0 heterocycles. The molecule has 0 atom stereocenters. The molecule has 0 aromatic heterocycles. The molecule has 0 saturated carbocycles. The molecular formula is HMnO5Si. The van der Waals surface area contributed by atoms with Gasteiger partial charge in [-0.2, -0.15) is 0 Å². The topological polar surface area (TPSA) is 112 Å². The summed E-state index contributed by atoms with van der Waals surface area (Å²) in [6, 6.07) is 0. The Labute approximate surface area is 49.5 Å². The second kappa shape index (κ2) is 4.69. The second-order valence-corrected chi connectivity index (χ2v) is 1.50. The first kappa shape index (κ1) is 10.5. The van der Waals surface area contributed by atoms with Gasteiger partial charge < -0.3 is 28.2 Å². The molecule has 7 heavy (non-hydrogen) atoms. The number of hydrogen-bond acceptors (Lipinski definition) is 5. The van der Waals surface area contributed by atoms with Gasteiger partial charge in [-0.1, -0.05) is 0 Å². The van der Waals surface area contributed by atoms with Crippen molar-refractivity contribution in [2.75, 3.05) is 0 Å². The normalized spacial score (nSPS) is 9.14. The molecule has 0 spiro atoms.